The second-order valence-electron chi connectivity index (χ2n) is 6.91. The standard InChI is InChI=1S/C15H28O/c1-11(8-7-9-16)13-10-12(2)14(3,4)15(13,5)6/h9,11-13H,7-8,10H2,1-6H3/t11?,12-,13?/m0/s1. The van der Waals surface area contributed by atoms with Crippen LogP contribution < -0.4 is 0 Å². The van der Waals surface area contributed by atoms with E-state index in [-0.39, 0.29) is 0 Å². The molecule has 1 aliphatic carbocycles. The van der Waals surface area contributed by atoms with E-state index in [1.165, 1.54) is 6.42 Å². The van der Waals surface area contributed by atoms with Gasteiger partial charge < -0.3 is 4.79 Å². The van der Waals surface area contributed by atoms with Gasteiger partial charge in [-0.2, -0.15) is 0 Å². The second-order valence-corrected chi connectivity index (χ2v) is 6.91. The number of hydrogen-bond acceptors (Lipinski definition) is 1. The molecule has 0 aliphatic heterocycles. The first-order valence-corrected chi connectivity index (χ1v) is 6.68. The SMILES string of the molecule is CC(CCC=O)C1C[C@H](C)C(C)(C)C1(C)C. The summed E-state index contributed by atoms with van der Waals surface area (Å²) in [5.41, 5.74) is 0.793. The number of aldehydes is 1. The molecule has 16 heavy (non-hydrogen) atoms. The molecule has 3 atom stereocenters. The van der Waals surface area contributed by atoms with Crippen LogP contribution in [0.15, 0.2) is 0 Å². The molecule has 1 fully saturated rings. The number of hydrogen-bond donors (Lipinski definition) is 0. The van der Waals surface area contributed by atoms with Crippen LogP contribution in [0.1, 0.15) is 60.8 Å². The predicted octanol–water partition coefficient (Wildman–Crippen LogP) is 4.31. The second kappa shape index (κ2) is 4.50. The molecule has 1 saturated carbocycles. The fraction of sp³-hybridized carbons (Fsp3) is 0.933. The van der Waals surface area contributed by atoms with Crippen LogP contribution in [0.2, 0.25) is 0 Å². The van der Waals surface area contributed by atoms with Crippen LogP contribution in [-0.4, -0.2) is 6.29 Å². The van der Waals surface area contributed by atoms with Gasteiger partial charge in [-0.1, -0.05) is 41.5 Å². The van der Waals surface area contributed by atoms with Crippen molar-refractivity contribution in [2.45, 2.75) is 60.8 Å². The van der Waals surface area contributed by atoms with Crippen molar-refractivity contribution in [1.82, 2.24) is 0 Å². The monoisotopic (exact) mass is 224 g/mol. The van der Waals surface area contributed by atoms with Crippen molar-refractivity contribution in [2.75, 3.05) is 0 Å². The highest BCUT2D eigenvalue weighted by atomic mass is 16.1. The van der Waals surface area contributed by atoms with E-state index in [4.69, 9.17) is 0 Å². The summed E-state index contributed by atoms with van der Waals surface area (Å²) in [5, 5.41) is 0. The Morgan fingerprint density at radius 3 is 2.19 bits per heavy atom. The number of carbonyl (C=O) groups is 1. The van der Waals surface area contributed by atoms with Gasteiger partial charge in [-0.15, -0.1) is 0 Å². The van der Waals surface area contributed by atoms with E-state index in [1.807, 2.05) is 0 Å². The summed E-state index contributed by atoms with van der Waals surface area (Å²) < 4.78 is 0. The van der Waals surface area contributed by atoms with Crippen molar-refractivity contribution < 1.29 is 4.79 Å². The van der Waals surface area contributed by atoms with Crippen molar-refractivity contribution in [3.63, 3.8) is 0 Å². The molecule has 1 rings (SSSR count). The summed E-state index contributed by atoms with van der Waals surface area (Å²) in [6.07, 6.45) is 4.16. The lowest BCUT2D eigenvalue weighted by Crippen LogP contribution is -2.36. The zero-order chi connectivity index (χ0) is 12.6. The van der Waals surface area contributed by atoms with E-state index in [2.05, 4.69) is 41.5 Å². The van der Waals surface area contributed by atoms with Crippen molar-refractivity contribution >= 4 is 6.29 Å². The third kappa shape index (κ3) is 2.06. The Balaban J connectivity index is 2.80. The molecular formula is C15H28O. The normalized spacial score (nSPS) is 33.6. The first-order valence-electron chi connectivity index (χ1n) is 6.68. The highest BCUT2D eigenvalue weighted by molar-refractivity contribution is 5.49. The summed E-state index contributed by atoms with van der Waals surface area (Å²) in [5.74, 6) is 2.22. The van der Waals surface area contributed by atoms with Gasteiger partial charge >= 0.3 is 0 Å². The lowest BCUT2D eigenvalue weighted by atomic mass is 9.62. The van der Waals surface area contributed by atoms with E-state index < -0.39 is 0 Å². The van der Waals surface area contributed by atoms with Crippen LogP contribution in [0.25, 0.3) is 0 Å². The van der Waals surface area contributed by atoms with E-state index in [0.717, 1.165) is 31.0 Å². The predicted molar refractivity (Wildman–Crippen MR) is 69.3 cm³/mol. The molecule has 0 aromatic rings. The van der Waals surface area contributed by atoms with Gasteiger partial charge in [-0.3, -0.25) is 0 Å². The van der Waals surface area contributed by atoms with Gasteiger partial charge in [0.1, 0.15) is 6.29 Å². The molecular weight excluding hydrogens is 196 g/mol. The Labute approximate surface area is 101 Å². The summed E-state index contributed by atoms with van der Waals surface area (Å²) in [4.78, 5) is 10.5. The van der Waals surface area contributed by atoms with Crippen LogP contribution >= 0.6 is 0 Å². The van der Waals surface area contributed by atoms with Crippen molar-refractivity contribution in [3.8, 4) is 0 Å². The molecule has 1 aliphatic rings. The van der Waals surface area contributed by atoms with Gasteiger partial charge in [0.15, 0.2) is 0 Å². The van der Waals surface area contributed by atoms with E-state index in [0.29, 0.717) is 16.7 Å². The first kappa shape index (κ1) is 13.7. The highest BCUT2D eigenvalue weighted by Gasteiger charge is 2.53. The average Bonchev–Trinajstić information content (AvgIpc) is 2.35. The summed E-state index contributed by atoms with van der Waals surface area (Å²) in [7, 11) is 0. The van der Waals surface area contributed by atoms with Crippen LogP contribution in [-0.2, 0) is 4.79 Å². The average molecular weight is 224 g/mol. The quantitative estimate of drug-likeness (QED) is 0.650. The maximum absolute atomic E-state index is 10.5. The minimum Gasteiger partial charge on any atom is -0.303 e. The fourth-order valence-corrected chi connectivity index (χ4v) is 3.56. The summed E-state index contributed by atoms with van der Waals surface area (Å²) in [6, 6.07) is 0. The minimum atomic E-state index is 0.384. The number of rotatable bonds is 4. The molecule has 0 amide bonds. The summed E-state index contributed by atoms with van der Waals surface area (Å²) >= 11 is 0. The van der Waals surface area contributed by atoms with Crippen LogP contribution in [0, 0.1) is 28.6 Å². The van der Waals surface area contributed by atoms with Crippen molar-refractivity contribution in [3.05, 3.63) is 0 Å². The van der Waals surface area contributed by atoms with Gasteiger partial charge in [-0.05, 0) is 41.4 Å². The molecule has 1 heteroatoms. The molecule has 0 bridgehead atoms. The van der Waals surface area contributed by atoms with Gasteiger partial charge in [0, 0.05) is 6.42 Å². The molecule has 94 valence electrons. The zero-order valence-electron chi connectivity index (χ0n) is 11.8. The Hall–Kier alpha value is -0.330. The third-order valence-corrected chi connectivity index (χ3v) is 5.85. The zero-order valence-corrected chi connectivity index (χ0v) is 11.8. The topological polar surface area (TPSA) is 17.1 Å². The lowest BCUT2D eigenvalue weighted by Gasteiger charge is -2.43. The third-order valence-electron chi connectivity index (χ3n) is 5.85. The molecule has 0 saturated heterocycles. The Morgan fingerprint density at radius 1 is 1.25 bits per heavy atom. The molecule has 0 aromatic carbocycles. The molecule has 0 radical (unpaired) electrons. The molecule has 0 N–H and O–H groups in total. The Kier molecular flexibility index (Phi) is 3.87. The lowest BCUT2D eigenvalue weighted by molar-refractivity contribution is -0.108. The fourth-order valence-electron chi connectivity index (χ4n) is 3.56. The largest absolute Gasteiger partial charge is 0.303 e. The van der Waals surface area contributed by atoms with Gasteiger partial charge in [0.25, 0.3) is 0 Å². The van der Waals surface area contributed by atoms with Gasteiger partial charge in [0.2, 0.25) is 0 Å². The Bertz CT molecular complexity index is 252. The van der Waals surface area contributed by atoms with E-state index >= 15 is 0 Å². The maximum atomic E-state index is 10.5. The van der Waals surface area contributed by atoms with E-state index in [9.17, 15) is 4.79 Å². The smallest absolute Gasteiger partial charge is 0.120 e. The summed E-state index contributed by atoms with van der Waals surface area (Å²) in [6.45, 7) is 14.4. The minimum absolute atomic E-state index is 0.384. The molecule has 1 nitrogen and oxygen atoms in total. The van der Waals surface area contributed by atoms with Crippen molar-refractivity contribution in [2.24, 2.45) is 28.6 Å². The Morgan fingerprint density at radius 2 is 1.81 bits per heavy atom. The van der Waals surface area contributed by atoms with Crippen LogP contribution in [0.5, 0.6) is 0 Å². The molecule has 0 heterocycles. The van der Waals surface area contributed by atoms with Gasteiger partial charge in [0.05, 0.1) is 0 Å². The maximum Gasteiger partial charge on any atom is 0.120 e. The van der Waals surface area contributed by atoms with E-state index in [1.54, 1.807) is 0 Å². The van der Waals surface area contributed by atoms with Crippen molar-refractivity contribution in [1.29, 1.82) is 0 Å². The number of carbonyl (C=O) groups excluding carboxylic acids is 1. The molecule has 0 aromatic heterocycles. The van der Waals surface area contributed by atoms with Crippen LogP contribution in [0.3, 0.4) is 0 Å². The first-order chi connectivity index (χ1) is 7.25. The van der Waals surface area contributed by atoms with Crippen LogP contribution in [0.4, 0.5) is 0 Å². The van der Waals surface area contributed by atoms with Gasteiger partial charge in [-0.25, -0.2) is 0 Å². The highest BCUT2D eigenvalue weighted by Crippen LogP contribution is 2.61. The molecule has 0 spiro atoms. The molecule has 2 unspecified atom stereocenters.